The van der Waals surface area contributed by atoms with Crippen LogP contribution < -0.4 is 5.32 Å². The second-order valence-corrected chi connectivity index (χ2v) is 7.47. The van der Waals surface area contributed by atoms with Gasteiger partial charge in [0.05, 0.1) is 11.2 Å². The highest BCUT2D eigenvalue weighted by Gasteiger charge is 2.31. The fraction of sp³-hybridized carbons (Fsp3) is 0.556. The van der Waals surface area contributed by atoms with Crippen LogP contribution in [0.4, 0.5) is 0 Å². The van der Waals surface area contributed by atoms with E-state index in [9.17, 15) is 14.7 Å². The second-order valence-electron chi connectivity index (χ2n) is 6.14. The Morgan fingerprint density at radius 2 is 1.91 bits per heavy atom. The molecule has 1 aromatic rings. The summed E-state index contributed by atoms with van der Waals surface area (Å²) in [5.74, 6) is -0.513. The molecule has 5 heteroatoms. The van der Waals surface area contributed by atoms with Gasteiger partial charge < -0.3 is 10.4 Å². The zero-order valence-corrected chi connectivity index (χ0v) is 14.3. The van der Waals surface area contributed by atoms with E-state index in [1.54, 1.807) is 11.8 Å². The minimum absolute atomic E-state index is 0.0518. The van der Waals surface area contributed by atoms with Crippen molar-refractivity contribution in [3.8, 4) is 0 Å². The number of carbonyl (C=O) groups is 2. The summed E-state index contributed by atoms with van der Waals surface area (Å²) in [5, 5.41) is 12.2. The highest BCUT2D eigenvalue weighted by atomic mass is 32.2. The molecular weight excluding hydrogens is 310 g/mol. The third kappa shape index (κ3) is 5.57. The fourth-order valence-corrected chi connectivity index (χ4v) is 3.80. The van der Waals surface area contributed by atoms with Crippen LogP contribution in [0, 0.1) is 5.92 Å². The predicted molar refractivity (Wildman–Crippen MR) is 93.3 cm³/mol. The van der Waals surface area contributed by atoms with Crippen molar-refractivity contribution in [2.45, 2.75) is 56.1 Å². The van der Waals surface area contributed by atoms with E-state index >= 15 is 0 Å². The molecule has 126 valence electrons. The Labute approximate surface area is 142 Å². The molecule has 1 unspecified atom stereocenters. The van der Waals surface area contributed by atoms with Gasteiger partial charge in [0.15, 0.2) is 0 Å². The molecule has 0 aromatic heterocycles. The SMILES string of the molecule is CC(SCc1ccccc1)C(=O)N[C@H]1CCCCC[C@H]1C(=O)O. The van der Waals surface area contributed by atoms with Gasteiger partial charge in [-0.25, -0.2) is 0 Å². The first-order valence-electron chi connectivity index (χ1n) is 8.26. The number of carbonyl (C=O) groups excluding carboxylic acids is 1. The molecule has 4 nitrogen and oxygen atoms in total. The maximum Gasteiger partial charge on any atom is 0.308 e. The van der Waals surface area contributed by atoms with E-state index in [1.807, 2.05) is 37.3 Å². The number of nitrogens with one attached hydrogen (secondary N) is 1. The van der Waals surface area contributed by atoms with Crippen molar-refractivity contribution < 1.29 is 14.7 Å². The summed E-state index contributed by atoms with van der Waals surface area (Å²) in [7, 11) is 0. The Hall–Kier alpha value is -1.49. The molecule has 0 spiro atoms. The molecule has 3 atom stereocenters. The number of thioether (sulfide) groups is 1. The maximum absolute atomic E-state index is 12.4. The van der Waals surface area contributed by atoms with Crippen LogP contribution >= 0.6 is 11.8 Å². The Kier molecular flexibility index (Phi) is 6.96. The van der Waals surface area contributed by atoms with Crippen LogP contribution in [0.3, 0.4) is 0 Å². The van der Waals surface area contributed by atoms with Crippen LogP contribution in [0.5, 0.6) is 0 Å². The van der Waals surface area contributed by atoms with Gasteiger partial charge in [-0.05, 0) is 25.3 Å². The summed E-state index contributed by atoms with van der Waals surface area (Å²) in [5.41, 5.74) is 1.19. The minimum atomic E-state index is -0.790. The third-order valence-electron chi connectivity index (χ3n) is 4.37. The quantitative estimate of drug-likeness (QED) is 0.781. The summed E-state index contributed by atoms with van der Waals surface area (Å²) in [6, 6.07) is 9.81. The molecule has 1 saturated carbocycles. The number of carboxylic acid groups (broad SMARTS) is 1. The van der Waals surface area contributed by atoms with Crippen molar-refractivity contribution in [1.82, 2.24) is 5.32 Å². The normalized spacial score (nSPS) is 22.8. The summed E-state index contributed by atoms with van der Waals surface area (Å²) in [4.78, 5) is 23.8. The molecule has 1 amide bonds. The van der Waals surface area contributed by atoms with E-state index in [-0.39, 0.29) is 17.2 Å². The first-order chi connectivity index (χ1) is 11.1. The number of hydrogen-bond donors (Lipinski definition) is 2. The van der Waals surface area contributed by atoms with Gasteiger partial charge in [-0.1, -0.05) is 49.6 Å². The van der Waals surface area contributed by atoms with E-state index in [1.165, 1.54) is 5.56 Å². The van der Waals surface area contributed by atoms with E-state index in [2.05, 4.69) is 5.32 Å². The monoisotopic (exact) mass is 335 g/mol. The average molecular weight is 335 g/mol. The van der Waals surface area contributed by atoms with Gasteiger partial charge in [0.25, 0.3) is 0 Å². The average Bonchev–Trinajstić information content (AvgIpc) is 2.79. The third-order valence-corrected chi connectivity index (χ3v) is 5.59. The largest absolute Gasteiger partial charge is 0.481 e. The van der Waals surface area contributed by atoms with Crippen LogP contribution in [-0.4, -0.2) is 28.3 Å². The lowest BCUT2D eigenvalue weighted by Gasteiger charge is -2.24. The molecule has 0 bridgehead atoms. The van der Waals surface area contributed by atoms with Crippen molar-refractivity contribution >= 4 is 23.6 Å². The summed E-state index contributed by atoms with van der Waals surface area (Å²) in [6.45, 7) is 1.88. The molecule has 0 saturated heterocycles. The lowest BCUT2D eigenvalue weighted by atomic mass is 9.95. The number of hydrogen-bond acceptors (Lipinski definition) is 3. The molecule has 0 aliphatic heterocycles. The summed E-state index contributed by atoms with van der Waals surface area (Å²) in [6.07, 6.45) is 4.39. The fourth-order valence-electron chi connectivity index (χ4n) is 2.95. The van der Waals surface area contributed by atoms with Gasteiger partial charge in [-0.2, -0.15) is 0 Å². The predicted octanol–water partition coefficient (Wildman–Crippen LogP) is 3.46. The number of rotatable bonds is 6. The number of carboxylic acids is 1. The molecule has 0 radical (unpaired) electrons. The van der Waals surface area contributed by atoms with E-state index < -0.39 is 11.9 Å². The lowest BCUT2D eigenvalue weighted by Crippen LogP contribution is -2.45. The highest BCUT2D eigenvalue weighted by Crippen LogP contribution is 2.25. The van der Waals surface area contributed by atoms with Crippen LogP contribution in [0.1, 0.15) is 44.6 Å². The number of aliphatic carboxylic acids is 1. The summed E-state index contributed by atoms with van der Waals surface area (Å²) >= 11 is 1.58. The molecular formula is C18H25NO3S. The van der Waals surface area contributed by atoms with E-state index in [0.717, 1.165) is 31.4 Å². The van der Waals surface area contributed by atoms with Crippen LogP contribution in [0.15, 0.2) is 30.3 Å². The lowest BCUT2D eigenvalue weighted by molar-refractivity contribution is -0.143. The van der Waals surface area contributed by atoms with Gasteiger partial charge in [-0.15, -0.1) is 11.8 Å². The standard InChI is InChI=1S/C18H25NO3S/c1-13(23-12-14-8-4-2-5-9-14)17(20)19-16-11-7-3-6-10-15(16)18(21)22/h2,4-5,8-9,13,15-16H,3,6-7,10-12H2,1H3,(H,19,20)(H,21,22)/t13?,15-,16+/m1/s1. The first-order valence-corrected chi connectivity index (χ1v) is 9.31. The molecule has 2 N–H and O–H groups in total. The Balaban J connectivity index is 1.87. The van der Waals surface area contributed by atoms with Gasteiger partial charge in [0.2, 0.25) is 5.91 Å². The van der Waals surface area contributed by atoms with Crippen LogP contribution in [0.25, 0.3) is 0 Å². The molecule has 1 aliphatic carbocycles. The maximum atomic E-state index is 12.4. The van der Waals surface area contributed by atoms with Gasteiger partial charge in [0, 0.05) is 11.8 Å². The van der Waals surface area contributed by atoms with Crippen molar-refractivity contribution in [3.05, 3.63) is 35.9 Å². The highest BCUT2D eigenvalue weighted by molar-refractivity contribution is 7.99. The molecule has 1 fully saturated rings. The molecule has 2 rings (SSSR count). The van der Waals surface area contributed by atoms with Crippen molar-refractivity contribution in [1.29, 1.82) is 0 Å². The van der Waals surface area contributed by atoms with Gasteiger partial charge in [0.1, 0.15) is 0 Å². The van der Waals surface area contributed by atoms with Crippen molar-refractivity contribution in [2.24, 2.45) is 5.92 Å². The zero-order chi connectivity index (χ0) is 16.7. The van der Waals surface area contributed by atoms with Crippen molar-refractivity contribution in [2.75, 3.05) is 0 Å². The minimum Gasteiger partial charge on any atom is -0.481 e. The Morgan fingerprint density at radius 3 is 2.61 bits per heavy atom. The zero-order valence-electron chi connectivity index (χ0n) is 13.5. The van der Waals surface area contributed by atoms with E-state index in [4.69, 9.17) is 0 Å². The van der Waals surface area contributed by atoms with Crippen LogP contribution in [0.2, 0.25) is 0 Å². The molecule has 1 aromatic carbocycles. The molecule has 23 heavy (non-hydrogen) atoms. The molecule has 0 heterocycles. The van der Waals surface area contributed by atoms with Gasteiger partial charge in [-0.3, -0.25) is 9.59 Å². The van der Waals surface area contributed by atoms with Crippen molar-refractivity contribution in [3.63, 3.8) is 0 Å². The first kappa shape index (κ1) is 17.9. The topological polar surface area (TPSA) is 66.4 Å². The van der Waals surface area contributed by atoms with Crippen LogP contribution in [-0.2, 0) is 15.3 Å². The van der Waals surface area contributed by atoms with E-state index in [0.29, 0.717) is 6.42 Å². The summed E-state index contributed by atoms with van der Waals surface area (Å²) < 4.78 is 0. The van der Waals surface area contributed by atoms with Gasteiger partial charge >= 0.3 is 5.97 Å². The molecule has 1 aliphatic rings. The second kappa shape index (κ2) is 8.96. The Morgan fingerprint density at radius 1 is 1.22 bits per heavy atom. The number of benzene rings is 1. The smallest absolute Gasteiger partial charge is 0.308 e. The number of amides is 1. The Bertz CT molecular complexity index is 520.